The summed E-state index contributed by atoms with van der Waals surface area (Å²) in [6, 6.07) is 4.58. The molecule has 0 aliphatic carbocycles. The lowest BCUT2D eigenvalue weighted by Crippen LogP contribution is -2.37. The van der Waals surface area contributed by atoms with Crippen molar-refractivity contribution in [1.29, 1.82) is 0 Å². The number of para-hydroxylation sites is 1. The number of aliphatic carboxylic acids is 1. The van der Waals surface area contributed by atoms with Crippen molar-refractivity contribution in [2.45, 2.75) is 25.2 Å². The number of benzene rings is 1. The van der Waals surface area contributed by atoms with E-state index in [2.05, 4.69) is 20.1 Å². The normalized spacial score (nSPS) is 15.8. The lowest BCUT2D eigenvalue weighted by atomic mass is 9.64. The summed E-state index contributed by atoms with van der Waals surface area (Å²) < 4.78 is 6.69. The Hall–Kier alpha value is -3.74. The number of hydrogen-bond donors (Lipinski definition) is 3. The number of ketones is 1. The average Bonchev–Trinajstić information content (AvgIpc) is 3.20. The van der Waals surface area contributed by atoms with Gasteiger partial charge in [0, 0.05) is 12.2 Å². The van der Waals surface area contributed by atoms with Crippen LogP contribution in [-0.2, 0) is 27.4 Å². The van der Waals surface area contributed by atoms with E-state index in [1.165, 1.54) is 23.4 Å². The van der Waals surface area contributed by atoms with E-state index in [1.807, 2.05) is 0 Å². The molecule has 12 nitrogen and oxygen atoms in total. The maximum absolute atomic E-state index is 12.8. The van der Waals surface area contributed by atoms with Crippen molar-refractivity contribution in [2.24, 2.45) is 5.16 Å². The number of aromatic nitrogens is 3. The summed E-state index contributed by atoms with van der Waals surface area (Å²) in [5, 5.41) is 35.7. The number of carbonyl (C=O) groups excluding carboxylic acids is 1. The number of nitrogens with zero attached hydrogens (tertiary/aromatic N) is 4. The number of fused-ring (bicyclic) bond motifs is 1. The summed E-state index contributed by atoms with van der Waals surface area (Å²) in [5.74, 6) is -3.56. The SMILES string of the molecule is O=C(O)CO/N=C(/Cn1cncn1)C(=O)C[C@H]1Cc2cccc(C(=O)O)c2OB1O. The van der Waals surface area contributed by atoms with Crippen molar-refractivity contribution < 1.29 is 39.1 Å². The number of carboxylic acids is 2. The van der Waals surface area contributed by atoms with E-state index in [-0.39, 0.29) is 36.4 Å². The molecule has 2 aromatic rings. The van der Waals surface area contributed by atoms with Gasteiger partial charge in [0.1, 0.15) is 24.1 Å². The van der Waals surface area contributed by atoms with Crippen LogP contribution >= 0.6 is 0 Å². The first-order valence-corrected chi connectivity index (χ1v) is 8.81. The molecule has 0 unspecified atom stereocenters. The van der Waals surface area contributed by atoms with E-state index < -0.39 is 37.3 Å². The molecule has 0 saturated heterocycles. The second-order valence-corrected chi connectivity index (χ2v) is 6.50. The van der Waals surface area contributed by atoms with E-state index in [4.69, 9.17) is 9.76 Å². The molecular weight excluding hydrogens is 399 g/mol. The Morgan fingerprint density at radius 3 is 2.80 bits per heavy atom. The first kappa shape index (κ1) is 21.0. The molecule has 0 bridgehead atoms. The van der Waals surface area contributed by atoms with E-state index in [1.54, 1.807) is 12.1 Å². The van der Waals surface area contributed by atoms with Gasteiger partial charge in [0.15, 0.2) is 5.78 Å². The standard InChI is InChI=1S/C17H17BN4O8/c23-14(13(21-29-7-15(24)25)6-22-9-19-8-20-22)5-11-4-10-2-1-3-12(17(26)27)16(10)30-18(11)28/h1-3,8-9,11,28H,4-7H2,(H,24,25)(H,26,27)/b21-13-/t11-/m1/s1. The Balaban J connectivity index is 1.75. The van der Waals surface area contributed by atoms with Crippen LogP contribution in [0.4, 0.5) is 0 Å². The van der Waals surface area contributed by atoms with Gasteiger partial charge in [0.2, 0.25) is 6.61 Å². The molecule has 0 amide bonds. The fourth-order valence-corrected chi connectivity index (χ4v) is 2.98. The summed E-state index contributed by atoms with van der Waals surface area (Å²) in [6.07, 6.45) is 2.62. The molecule has 1 aromatic heterocycles. The first-order valence-electron chi connectivity index (χ1n) is 8.81. The summed E-state index contributed by atoms with van der Waals surface area (Å²) in [6.45, 7) is -0.837. The molecular formula is C17H17BN4O8. The van der Waals surface area contributed by atoms with Gasteiger partial charge in [0.05, 0.1) is 12.1 Å². The molecule has 156 valence electrons. The number of carboxylic acid groups (broad SMARTS) is 2. The van der Waals surface area contributed by atoms with Gasteiger partial charge in [-0.1, -0.05) is 17.3 Å². The van der Waals surface area contributed by atoms with Gasteiger partial charge in [-0.3, -0.25) is 4.79 Å². The van der Waals surface area contributed by atoms with Crippen LogP contribution in [0.15, 0.2) is 36.0 Å². The van der Waals surface area contributed by atoms with E-state index in [0.29, 0.717) is 5.56 Å². The average molecular weight is 416 g/mol. The lowest BCUT2D eigenvalue weighted by molar-refractivity contribution is -0.142. The number of hydrogen-bond acceptors (Lipinski definition) is 9. The molecule has 1 aromatic carbocycles. The Morgan fingerprint density at radius 1 is 1.33 bits per heavy atom. The number of rotatable bonds is 9. The highest BCUT2D eigenvalue weighted by Gasteiger charge is 2.38. The van der Waals surface area contributed by atoms with Crippen molar-refractivity contribution in [3.05, 3.63) is 42.0 Å². The second kappa shape index (κ2) is 9.18. The molecule has 30 heavy (non-hydrogen) atoms. The predicted octanol–water partition coefficient (Wildman–Crippen LogP) is -0.122. The smallest absolute Gasteiger partial charge is 0.526 e. The third-order valence-corrected chi connectivity index (χ3v) is 4.36. The third-order valence-electron chi connectivity index (χ3n) is 4.36. The highest BCUT2D eigenvalue weighted by Crippen LogP contribution is 2.36. The number of aromatic carboxylic acids is 1. The van der Waals surface area contributed by atoms with Crippen LogP contribution in [0, 0.1) is 0 Å². The summed E-state index contributed by atoms with van der Waals surface area (Å²) in [5.41, 5.74) is 0.362. The fraction of sp³-hybridized carbons (Fsp3) is 0.294. The molecule has 13 heteroatoms. The maximum atomic E-state index is 12.8. The summed E-state index contributed by atoms with van der Waals surface area (Å²) in [7, 11) is -1.41. The molecule has 0 saturated carbocycles. The second-order valence-electron chi connectivity index (χ2n) is 6.50. The van der Waals surface area contributed by atoms with Crippen molar-refractivity contribution in [2.75, 3.05) is 6.61 Å². The molecule has 3 N–H and O–H groups in total. The van der Waals surface area contributed by atoms with Crippen LogP contribution in [0.5, 0.6) is 5.75 Å². The largest absolute Gasteiger partial charge is 0.535 e. The topological polar surface area (TPSA) is 173 Å². The van der Waals surface area contributed by atoms with Gasteiger partial charge in [-0.25, -0.2) is 19.3 Å². The predicted molar refractivity (Wildman–Crippen MR) is 100 cm³/mol. The Kier molecular flexibility index (Phi) is 6.42. The van der Waals surface area contributed by atoms with Crippen molar-refractivity contribution >= 4 is 30.6 Å². The quantitative estimate of drug-likeness (QED) is 0.284. The fourth-order valence-electron chi connectivity index (χ4n) is 2.98. The van der Waals surface area contributed by atoms with Gasteiger partial charge in [-0.2, -0.15) is 5.10 Å². The van der Waals surface area contributed by atoms with Crippen LogP contribution in [-0.4, -0.2) is 67.2 Å². The lowest BCUT2D eigenvalue weighted by Gasteiger charge is -2.28. The number of oxime groups is 1. The zero-order valence-electron chi connectivity index (χ0n) is 15.5. The monoisotopic (exact) mass is 416 g/mol. The highest BCUT2D eigenvalue weighted by atomic mass is 16.6. The van der Waals surface area contributed by atoms with Crippen molar-refractivity contribution in [1.82, 2.24) is 14.8 Å². The van der Waals surface area contributed by atoms with E-state index >= 15 is 0 Å². The van der Waals surface area contributed by atoms with Crippen molar-refractivity contribution in [3.8, 4) is 5.75 Å². The molecule has 1 atom stereocenters. The minimum Gasteiger partial charge on any atom is -0.535 e. The van der Waals surface area contributed by atoms with Crippen molar-refractivity contribution in [3.63, 3.8) is 0 Å². The minimum absolute atomic E-state index is 0.0718. The molecule has 2 heterocycles. The molecule has 0 radical (unpaired) electrons. The van der Waals surface area contributed by atoms with Crippen LogP contribution in [0.3, 0.4) is 0 Å². The molecule has 0 fully saturated rings. The molecule has 1 aliphatic heterocycles. The van der Waals surface area contributed by atoms with Gasteiger partial charge >= 0.3 is 19.1 Å². The maximum Gasteiger partial charge on any atom is 0.526 e. The highest BCUT2D eigenvalue weighted by molar-refractivity contribution is 6.49. The van der Waals surface area contributed by atoms with Gasteiger partial charge in [-0.15, -0.1) is 0 Å². The van der Waals surface area contributed by atoms with Gasteiger partial charge in [-0.05, 0) is 18.1 Å². The zero-order chi connectivity index (χ0) is 21.7. The zero-order valence-corrected chi connectivity index (χ0v) is 15.5. The Bertz CT molecular complexity index is 978. The third kappa shape index (κ3) is 5.00. The van der Waals surface area contributed by atoms with Crippen LogP contribution in [0.1, 0.15) is 22.3 Å². The van der Waals surface area contributed by atoms with E-state index in [9.17, 15) is 24.5 Å². The summed E-state index contributed by atoms with van der Waals surface area (Å²) in [4.78, 5) is 43.2. The summed E-state index contributed by atoms with van der Waals surface area (Å²) >= 11 is 0. The Labute approximate surface area is 169 Å². The molecule has 3 rings (SSSR count). The number of carbonyl (C=O) groups is 3. The van der Waals surface area contributed by atoms with Gasteiger partial charge < -0.3 is 24.7 Å². The van der Waals surface area contributed by atoms with E-state index in [0.717, 1.165) is 0 Å². The van der Waals surface area contributed by atoms with Gasteiger partial charge in [0.25, 0.3) is 0 Å². The van der Waals surface area contributed by atoms with Crippen LogP contribution < -0.4 is 4.65 Å². The first-order chi connectivity index (χ1) is 14.3. The molecule has 1 aliphatic rings. The van der Waals surface area contributed by atoms with Crippen LogP contribution in [0.25, 0.3) is 0 Å². The number of Topliss-reactive ketones (excluding diaryl/α,β-unsaturated/α-hetero) is 1. The molecule has 0 spiro atoms. The van der Waals surface area contributed by atoms with Crippen LogP contribution in [0.2, 0.25) is 5.82 Å². The Morgan fingerprint density at radius 2 is 2.13 bits per heavy atom. The minimum atomic E-state index is -1.41.